The second-order valence-corrected chi connectivity index (χ2v) is 4.35. The first-order valence-corrected chi connectivity index (χ1v) is 6.33. The van der Waals surface area contributed by atoms with Gasteiger partial charge in [-0.15, -0.1) is 0 Å². The molecule has 4 N–H and O–H groups in total. The van der Waals surface area contributed by atoms with Crippen molar-refractivity contribution in [1.82, 2.24) is 4.98 Å². The normalized spacial score (nSPS) is 10.4. The summed E-state index contributed by atoms with van der Waals surface area (Å²) < 4.78 is 10.7. The summed E-state index contributed by atoms with van der Waals surface area (Å²) in [6, 6.07) is 3.46. The van der Waals surface area contributed by atoms with E-state index >= 15 is 0 Å². The van der Waals surface area contributed by atoms with E-state index in [1.165, 1.54) is 14.2 Å². The highest BCUT2D eigenvalue weighted by Gasteiger charge is 2.16. The molecule has 2 rings (SSSR count). The number of fused-ring (bicyclic) bond motifs is 1. The largest absolute Gasteiger partial charge is 0.493 e. The van der Waals surface area contributed by atoms with Crippen LogP contribution < -0.4 is 20.5 Å². The van der Waals surface area contributed by atoms with E-state index in [4.69, 9.17) is 20.3 Å². The summed E-state index contributed by atoms with van der Waals surface area (Å²) in [6.07, 6.45) is 1.59. The van der Waals surface area contributed by atoms with Gasteiger partial charge in [0, 0.05) is 29.9 Å². The van der Waals surface area contributed by atoms with E-state index in [0.717, 1.165) is 5.39 Å². The van der Waals surface area contributed by atoms with Gasteiger partial charge in [0.1, 0.15) is 5.82 Å². The van der Waals surface area contributed by atoms with E-state index in [0.29, 0.717) is 28.4 Å². The Morgan fingerprint density at radius 2 is 2.19 bits per heavy atom. The number of hydrogen-bond donors (Lipinski definition) is 3. The maximum Gasteiger partial charge on any atom is 0.305 e. The van der Waals surface area contributed by atoms with Gasteiger partial charge in [0.15, 0.2) is 11.5 Å². The zero-order valence-corrected chi connectivity index (χ0v) is 11.8. The highest BCUT2D eigenvalue weighted by atomic mass is 16.5. The van der Waals surface area contributed by atoms with Crippen LogP contribution in [0.15, 0.2) is 18.3 Å². The van der Waals surface area contributed by atoms with Crippen molar-refractivity contribution in [3.8, 4) is 11.5 Å². The molecule has 1 aromatic carbocycles. The molecule has 0 atom stereocenters. The molecule has 0 aliphatic rings. The Kier molecular flexibility index (Phi) is 4.32. The first kappa shape index (κ1) is 14.7. The minimum atomic E-state index is -0.883. The molecular weight excluding hydrogens is 274 g/mol. The molecular formula is C14H17N3O4. The maximum atomic E-state index is 10.6. The summed E-state index contributed by atoms with van der Waals surface area (Å²) in [6.45, 7) is 0.252. The summed E-state index contributed by atoms with van der Waals surface area (Å²) in [7, 11) is 3.05. The third-order valence-corrected chi connectivity index (χ3v) is 3.05. The number of hydrogen-bond acceptors (Lipinski definition) is 6. The van der Waals surface area contributed by atoms with Crippen molar-refractivity contribution in [2.24, 2.45) is 0 Å². The van der Waals surface area contributed by atoms with Crippen LogP contribution in [0, 0.1) is 0 Å². The van der Waals surface area contributed by atoms with Crippen molar-refractivity contribution in [2.75, 3.05) is 31.8 Å². The first-order valence-electron chi connectivity index (χ1n) is 6.33. The molecule has 0 amide bonds. The van der Waals surface area contributed by atoms with Crippen LogP contribution in [0.2, 0.25) is 0 Å². The molecule has 0 unspecified atom stereocenters. The van der Waals surface area contributed by atoms with E-state index in [-0.39, 0.29) is 13.0 Å². The van der Waals surface area contributed by atoms with E-state index in [9.17, 15) is 4.79 Å². The zero-order chi connectivity index (χ0) is 15.4. The number of ether oxygens (including phenoxy) is 2. The zero-order valence-electron chi connectivity index (χ0n) is 11.8. The number of benzene rings is 1. The van der Waals surface area contributed by atoms with E-state index < -0.39 is 5.97 Å². The predicted molar refractivity (Wildman–Crippen MR) is 80.0 cm³/mol. The Balaban J connectivity index is 2.54. The van der Waals surface area contributed by atoms with Crippen LogP contribution in [-0.4, -0.2) is 36.8 Å². The second-order valence-electron chi connectivity index (χ2n) is 4.35. The topological polar surface area (TPSA) is 107 Å². The number of nitrogens with zero attached hydrogens (tertiary/aromatic N) is 1. The second kappa shape index (κ2) is 6.17. The number of aliphatic carboxylic acids is 1. The third kappa shape index (κ3) is 2.91. The van der Waals surface area contributed by atoms with Gasteiger partial charge in [-0.25, -0.2) is 4.98 Å². The number of nitrogens with two attached hydrogens (primary N) is 1. The molecule has 0 bridgehead atoms. The van der Waals surface area contributed by atoms with E-state index in [1.54, 1.807) is 18.3 Å². The fourth-order valence-corrected chi connectivity index (χ4v) is 2.12. The minimum absolute atomic E-state index is 0.0141. The number of aromatic nitrogens is 1. The number of rotatable bonds is 6. The van der Waals surface area contributed by atoms with Gasteiger partial charge in [0.05, 0.1) is 26.0 Å². The van der Waals surface area contributed by atoms with Gasteiger partial charge in [-0.2, -0.15) is 0 Å². The fourth-order valence-electron chi connectivity index (χ4n) is 2.12. The summed E-state index contributed by atoms with van der Waals surface area (Å²) in [5.74, 6) is 0.632. The van der Waals surface area contributed by atoms with Gasteiger partial charge < -0.3 is 25.6 Å². The van der Waals surface area contributed by atoms with Crippen molar-refractivity contribution in [3.05, 3.63) is 18.3 Å². The van der Waals surface area contributed by atoms with Crippen molar-refractivity contribution < 1.29 is 19.4 Å². The molecule has 112 valence electrons. The Bertz CT molecular complexity index is 673. The Morgan fingerprint density at radius 1 is 1.43 bits per heavy atom. The third-order valence-electron chi connectivity index (χ3n) is 3.05. The lowest BCUT2D eigenvalue weighted by molar-refractivity contribution is -0.136. The summed E-state index contributed by atoms with van der Waals surface area (Å²) in [5.41, 5.74) is 6.55. The SMILES string of the molecule is COc1cc(N)c2ccnc(NCCC(=O)O)c2c1OC. The monoisotopic (exact) mass is 291 g/mol. The maximum absolute atomic E-state index is 10.6. The van der Waals surface area contributed by atoms with Crippen LogP contribution in [0.1, 0.15) is 6.42 Å². The average Bonchev–Trinajstić information content (AvgIpc) is 2.47. The lowest BCUT2D eigenvalue weighted by Crippen LogP contribution is -2.09. The number of nitrogens with one attached hydrogen (secondary N) is 1. The van der Waals surface area contributed by atoms with E-state index in [1.807, 2.05) is 0 Å². The molecule has 0 aliphatic heterocycles. The molecule has 0 aliphatic carbocycles. The van der Waals surface area contributed by atoms with Crippen LogP contribution in [0.3, 0.4) is 0 Å². The van der Waals surface area contributed by atoms with Gasteiger partial charge in [-0.1, -0.05) is 0 Å². The number of carbonyl (C=O) groups is 1. The van der Waals surface area contributed by atoms with Crippen LogP contribution in [0.25, 0.3) is 10.8 Å². The molecule has 7 heteroatoms. The van der Waals surface area contributed by atoms with Crippen molar-refractivity contribution >= 4 is 28.2 Å². The number of anilines is 2. The number of carboxylic acid groups (broad SMARTS) is 1. The molecule has 0 saturated heterocycles. The number of carboxylic acids is 1. The molecule has 1 heterocycles. The van der Waals surface area contributed by atoms with Crippen LogP contribution in [0.4, 0.5) is 11.5 Å². The summed E-state index contributed by atoms with van der Waals surface area (Å²) in [5, 5.41) is 13.1. The Hall–Kier alpha value is -2.70. The molecule has 0 spiro atoms. The predicted octanol–water partition coefficient (Wildman–Crippen LogP) is 1.72. The van der Waals surface area contributed by atoms with Gasteiger partial charge in [0.2, 0.25) is 0 Å². The highest BCUT2D eigenvalue weighted by Crippen LogP contribution is 2.41. The Morgan fingerprint density at radius 3 is 2.81 bits per heavy atom. The lowest BCUT2D eigenvalue weighted by Gasteiger charge is -2.15. The summed E-state index contributed by atoms with van der Waals surface area (Å²) >= 11 is 0. The quantitative estimate of drug-likeness (QED) is 0.695. The fraction of sp³-hybridized carbons (Fsp3) is 0.286. The molecule has 0 fully saturated rings. The van der Waals surface area contributed by atoms with Gasteiger partial charge in [-0.3, -0.25) is 4.79 Å². The minimum Gasteiger partial charge on any atom is -0.493 e. The van der Waals surface area contributed by atoms with E-state index in [2.05, 4.69) is 10.3 Å². The van der Waals surface area contributed by atoms with Crippen molar-refractivity contribution in [3.63, 3.8) is 0 Å². The first-order chi connectivity index (χ1) is 10.1. The highest BCUT2D eigenvalue weighted by molar-refractivity contribution is 6.05. The number of pyridine rings is 1. The summed E-state index contributed by atoms with van der Waals surface area (Å²) in [4.78, 5) is 14.8. The van der Waals surface area contributed by atoms with Crippen molar-refractivity contribution in [1.29, 1.82) is 0 Å². The number of nitrogen functional groups attached to an aromatic ring is 1. The molecule has 1 aromatic heterocycles. The Labute approximate surface area is 121 Å². The molecule has 7 nitrogen and oxygen atoms in total. The van der Waals surface area contributed by atoms with Gasteiger partial charge >= 0.3 is 5.97 Å². The lowest BCUT2D eigenvalue weighted by atomic mass is 10.1. The molecule has 0 saturated carbocycles. The van der Waals surface area contributed by atoms with Crippen LogP contribution >= 0.6 is 0 Å². The van der Waals surface area contributed by atoms with Crippen LogP contribution in [-0.2, 0) is 4.79 Å². The smallest absolute Gasteiger partial charge is 0.305 e. The molecule has 21 heavy (non-hydrogen) atoms. The standard InChI is InChI=1S/C14H17N3O4/c1-20-10-7-9(15)8-3-5-16-14(12(8)13(10)21-2)17-6-4-11(18)19/h3,5,7H,4,6,15H2,1-2H3,(H,16,17)(H,18,19). The van der Waals surface area contributed by atoms with Gasteiger partial charge in [0.25, 0.3) is 0 Å². The van der Waals surface area contributed by atoms with Gasteiger partial charge in [-0.05, 0) is 6.07 Å². The molecule has 2 aromatic rings. The van der Waals surface area contributed by atoms with Crippen LogP contribution in [0.5, 0.6) is 11.5 Å². The average molecular weight is 291 g/mol. The number of methoxy groups -OCH3 is 2. The van der Waals surface area contributed by atoms with Crippen molar-refractivity contribution in [2.45, 2.75) is 6.42 Å². The molecule has 0 radical (unpaired) electrons.